The summed E-state index contributed by atoms with van der Waals surface area (Å²) < 4.78 is 9.32. The summed E-state index contributed by atoms with van der Waals surface area (Å²) in [5, 5.41) is 14.9. The van der Waals surface area contributed by atoms with Crippen molar-refractivity contribution in [2.75, 3.05) is 0 Å². The van der Waals surface area contributed by atoms with Gasteiger partial charge in [-0.1, -0.05) is 109 Å². The molecule has 6 nitrogen and oxygen atoms in total. The summed E-state index contributed by atoms with van der Waals surface area (Å²) in [5.41, 5.74) is 12.9. The number of para-hydroxylation sites is 6. The Morgan fingerprint density at radius 1 is 0.407 bits per heavy atom. The van der Waals surface area contributed by atoms with E-state index in [9.17, 15) is 5.26 Å². The number of benzene rings is 7. The zero-order valence-electron chi connectivity index (χ0n) is 28.8. The number of nitriles is 1. The SMILES string of the molecule is [C-]#[N+]c1cc(-n2c3ccccc3c3c2c2ccccc2n3-c2ccccc2)c(-n2c3ccccc3c3c2c2ccccc2n3-c2ccccc2)cc1C#N. The van der Waals surface area contributed by atoms with Crippen molar-refractivity contribution in [2.24, 2.45) is 0 Å². The van der Waals surface area contributed by atoms with Gasteiger partial charge in [0, 0.05) is 32.9 Å². The fraction of sp³-hybridized carbons (Fsp3) is 0. The van der Waals surface area contributed by atoms with Crippen molar-refractivity contribution < 1.29 is 0 Å². The van der Waals surface area contributed by atoms with Crippen molar-refractivity contribution in [3.8, 4) is 28.8 Å². The molecule has 0 aliphatic rings. The van der Waals surface area contributed by atoms with Gasteiger partial charge in [0.2, 0.25) is 5.69 Å². The molecular formula is C48H28N6. The zero-order valence-corrected chi connectivity index (χ0v) is 28.8. The van der Waals surface area contributed by atoms with Gasteiger partial charge < -0.3 is 18.3 Å². The highest BCUT2D eigenvalue weighted by molar-refractivity contribution is 6.22. The van der Waals surface area contributed by atoms with E-state index >= 15 is 0 Å². The van der Waals surface area contributed by atoms with E-state index in [1.54, 1.807) is 0 Å². The largest absolute Gasteiger partial charge is 0.307 e. The van der Waals surface area contributed by atoms with Gasteiger partial charge in [-0.25, -0.2) is 4.85 Å². The standard InChI is InChI=1S/C48H28N6/c1-50-38-29-44(54-42-27-15-11-23-37(42)46-48(54)35-21-9-13-25-40(35)52(46)33-18-6-3-7-19-33)43(28-31(38)30-49)53-41-26-14-10-22-36(41)45-47(53)34-20-8-12-24-39(34)51(45)32-16-4-2-5-17-32/h2-29H. The molecule has 7 aromatic carbocycles. The van der Waals surface area contributed by atoms with Crippen LogP contribution in [0.1, 0.15) is 5.56 Å². The maximum Gasteiger partial charge on any atom is 0.206 e. The molecule has 54 heavy (non-hydrogen) atoms. The lowest BCUT2D eigenvalue weighted by molar-refractivity contribution is 1.10. The number of nitrogens with zero attached hydrogens (tertiary/aromatic N) is 6. The molecule has 250 valence electrons. The topological polar surface area (TPSA) is 47.9 Å². The summed E-state index contributed by atoms with van der Waals surface area (Å²) in [6.45, 7) is 8.25. The maximum absolute atomic E-state index is 10.5. The van der Waals surface area contributed by atoms with Gasteiger partial charge in [0.15, 0.2) is 0 Å². The Balaban J connectivity index is 1.37. The van der Waals surface area contributed by atoms with Crippen molar-refractivity contribution in [3.05, 3.63) is 187 Å². The third kappa shape index (κ3) is 3.97. The van der Waals surface area contributed by atoms with Gasteiger partial charge >= 0.3 is 0 Å². The smallest absolute Gasteiger partial charge is 0.206 e. The molecule has 11 rings (SSSR count). The molecule has 6 heteroatoms. The first-order valence-corrected chi connectivity index (χ1v) is 17.9. The van der Waals surface area contributed by atoms with Crippen LogP contribution >= 0.6 is 0 Å². The van der Waals surface area contributed by atoms with E-state index in [4.69, 9.17) is 6.57 Å². The molecule has 0 aliphatic heterocycles. The highest BCUT2D eigenvalue weighted by Gasteiger charge is 2.27. The molecule has 0 unspecified atom stereocenters. The van der Waals surface area contributed by atoms with Crippen molar-refractivity contribution >= 4 is 71.4 Å². The van der Waals surface area contributed by atoms with E-state index < -0.39 is 0 Å². The summed E-state index contributed by atoms with van der Waals surface area (Å²) >= 11 is 0. The second-order valence-electron chi connectivity index (χ2n) is 13.6. The minimum Gasteiger partial charge on any atom is -0.307 e. The number of fused-ring (bicyclic) bond motifs is 10. The van der Waals surface area contributed by atoms with Gasteiger partial charge in [-0.05, 0) is 60.7 Å². The number of hydrogen-bond donors (Lipinski definition) is 0. The van der Waals surface area contributed by atoms with Crippen LogP contribution in [0, 0.1) is 17.9 Å². The summed E-state index contributed by atoms with van der Waals surface area (Å²) in [6.07, 6.45) is 0. The first-order valence-electron chi connectivity index (χ1n) is 17.9. The van der Waals surface area contributed by atoms with Gasteiger partial charge in [-0.3, -0.25) is 0 Å². The average molecular weight is 689 g/mol. The first kappa shape index (κ1) is 29.9. The van der Waals surface area contributed by atoms with Gasteiger partial charge in [-0.15, -0.1) is 0 Å². The van der Waals surface area contributed by atoms with E-state index in [1.165, 1.54) is 0 Å². The van der Waals surface area contributed by atoms with Crippen molar-refractivity contribution in [1.29, 1.82) is 5.26 Å². The molecule has 0 atom stereocenters. The van der Waals surface area contributed by atoms with Crippen molar-refractivity contribution in [3.63, 3.8) is 0 Å². The zero-order chi connectivity index (χ0) is 35.9. The lowest BCUT2D eigenvalue weighted by Gasteiger charge is -2.18. The fourth-order valence-corrected chi connectivity index (χ4v) is 8.67. The van der Waals surface area contributed by atoms with Gasteiger partial charge in [-0.2, -0.15) is 5.26 Å². The fourth-order valence-electron chi connectivity index (χ4n) is 8.67. The predicted molar refractivity (Wildman–Crippen MR) is 220 cm³/mol. The molecule has 11 aromatic rings. The van der Waals surface area contributed by atoms with Crippen LogP contribution in [0.4, 0.5) is 5.69 Å². The Bertz CT molecular complexity index is 3160. The van der Waals surface area contributed by atoms with Crippen LogP contribution in [-0.2, 0) is 0 Å². The predicted octanol–water partition coefficient (Wildman–Crippen LogP) is 12.2. The van der Waals surface area contributed by atoms with Gasteiger partial charge in [0.25, 0.3) is 0 Å². The second-order valence-corrected chi connectivity index (χ2v) is 13.6. The molecule has 0 N–H and O–H groups in total. The number of aromatic nitrogens is 4. The highest BCUT2D eigenvalue weighted by atomic mass is 15.1. The molecule has 0 radical (unpaired) electrons. The summed E-state index contributed by atoms with van der Waals surface area (Å²) in [7, 11) is 0. The van der Waals surface area contributed by atoms with E-state index in [0.29, 0.717) is 11.3 Å². The normalized spacial score (nSPS) is 11.7. The second kappa shape index (κ2) is 11.4. The monoisotopic (exact) mass is 688 g/mol. The Hall–Kier alpha value is -7.80. The molecule has 0 saturated heterocycles. The summed E-state index contributed by atoms with van der Waals surface area (Å²) in [6, 6.07) is 61.2. The van der Waals surface area contributed by atoms with Crippen LogP contribution in [0.3, 0.4) is 0 Å². The average Bonchev–Trinajstić information content (AvgIpc) is 3.96. The van der Waals surface area contributed by atoms with Crippen molar-refractivity contribution in [2.45, 2.75) is 0 Å². The first-order chi connectivity index (χ1) is 26.8. The molecular weight excluding hydrogens is 661 g/mol. The Morgan fingerprint density at radius 3 is 1.13 bits per heavy atom. The minimum atomic E-state index is 0.313. The van der Waals surface area contributed by atoms with Crippen molar-refractivity contribution in [1.82, 2.24) is 18.3 Å². The Kier molecular flexibility index (Phi) is 6.28. The van der Waals surface area contributed by atoms with Crippen LogP contribution < -0.4 is 0 Å². The highest BCUT2D eigenvalue weighted by Crippen LogP contribution is 2.46. The maximum atomic E-state index is 10.5. The molecule has 4 heterocycles. The molecule has 4 aromatic heterocycles. The van der Waals surface area contributed by atoms with E-state index in [0.717, 1.165) is 88.4 Å². The Labute approximate surface area is 309 Å². The summed E-state index contributed by atoms with van der Waals surface area (Å²) in [4.78, 5) is 3.92. The van der Waals surface area contributed by atoms with E-state index in [1.807, 2.05) is 24.3 Å². The van der Waals surface area contributed by atoms with Gasteiger partial charge in [0.1, 0.15) is 0 Å². The molecule has 0 spiro atoms. The van der Waals surface area contributed by atoms with Crippen LogP contribution in [0.25, 0.3) is 93.3 Å². The molecule has 0 bridgehead atoms. The van der Waals surface area contributed by atoms with E-state index in [2.05, 4.69) is 175 Å². The molecule has 0 saturated carbocycles. The Morgan fingerprint density at radius 2 is 0.741 bits per heavy atom. The number of rotatable bonds is 4. The quantitative estimate of drug-likeness (QED) is 0.170. The van der Waals surface area contributed by atoms with Crippen LogP contribution in [-0.4, -0.2) is 18.3 Å². The van der Waals surface area contributed by atoms with Gasteiger partial charge in [0.05, 0.1) is 73.7 Å². The lowest BCUT2D eigenvalue weighted by Crippen LogP contribution is -2.04. The van der Waals surface area contributed by atoms with Crippen LogP contribution in [0.15, 0.2) is 170 Å². The summed E-state index contributed by atoms with van der Waals surface area (Å²) in [5.74, 6) is 0. The van der Waals surface area contributed by atoms with Crippen LogP contribution in [0.2, 0.25) is 0 Å². The third-order valence-corrected chi connectivity index (χ3v) is 10.8. The molecule has 0 aliphatic carbocycles. The lowest BCUT2D eigenvalue weighted by atomic mass is 10.1. The third-order valence-electron chi connectivity index (χ3n) is 10.8. The number of hydrogen-bond acceptors (Lipinski definition) is 1. The minimum absolute atomic E-state index is 0.313. The molecule has 0 fully saturated rings. The van der Waals surface area contributed by atoms with E-state index in [-0.39, 0.29) is 0 Å². The molecule has 0 amide bonds. The van der Waals surface area contributed by atoms with Crippen LogP contribution in [0.5, 0.6) is 0 Å².